The molecule has 0 unspecified atom stereocenters. The largest absolute Gasteiger partial charge is 0.467 e. The highest BCUT2D eigenvalue weighted by atomic mass is 32.2. The van der Waals surface area contributed by atoms with Crippen molar-refractivity contribution in [3.8, 4) is 6.01 Å². The molecule has 0 aliphatic rings. The first kappa shape index (κ1) is 15.8. The van der Waals surface area contributed by atoms with Gasteiger partial charge in [-0.15, -0.1) is 0 Å². The minimum absolute atomic E-state index is 0.334. The van der Waals surface area contributed by atoms with Crippen LogP contribution in [0.1, 0.15) is 26.2 Å². The summed E-state index contributed by atoms with van der Waals surface area (Å²) in [4.78, 5) is 12.6. The van der Waals surface area contributed by atoms with Crippen molar-refractivity contribution in [3.63, 3.8) is 0 Å². The second kappa shape index (κ2) is 9.66. The molecule has 0 saturated heterocycles. The molecule has 0 spiro atoms. The molecule has 0 amide bonds. The van der Waals surface area contributed by atoms with Crippen molar-refractivity contribution in [1.82, 2.24) is 15.0 Å². The first-order chi connectivity index (χ1) is 9.30. The monoisotopic (exact) mass is 285 g/mol. The van der Waals surface area contributed by atoms with E-state index < -0.39 is 0 Å². The van der Waals surface area contributed by atoms with Crippen molar-refractivity contribution >= 4 is 23.7 Å². The number of aromatic nitrogens is 3. The number of anilines is 2. The molecule has 0 bridgehead atoms. The first-order valence-corrected chi connectivity index (χ1v) is 7.96. The van der Waals surface area contributed by atoms with E-state index in [1.807, 2.05) is 11.8 Å². The predicted octanol–water partition coefficient (Wildman–Crippen LogP) is 2.26. The van der Waals surface area contributed by atoms with E-state index in [0.29, 0.717) is 17.9 Å². The number of nitrogens with one attached hydrogen (secondary N) is 2. The summed E-state index contributed by atoms with van der Waals surface area (Å²) in [7, 11) is 1.56. The maximum absolute atomic E-state index is 5.07. The molecule has 0 saturated carbocycles. The number of hydrogen-bond acceptors (Lipinski definition) is 7. The van der Waals surface area contributed by atoms with Crippen LogP contribution in [-0.2, 0) is 0 Å². The average molecular weight is 285 g/mol. The van der Waals surface area contributed by atoms with Crippen LogP contribution < -0.4 is 15.4 Å². The third kappa shape index (κ3) is 6.47. The number of unbranched alkanes of at least 4 members (excludes halogenated alkanes) is 1. The Morgan fingerprint density at radius 3 is 2.32 bits per heavy atom. The zero-order valence-corrected chi connectivity index (χ0v) is 12.7. The smallest absolute Gasteiger partial charge is 0.322 e. The van der Waals surface area contributed by atoms with Crippen LogP contribution >= 0.6 is 11.8 Å². The SMILES string of the molecule is CCCNc1nc(NCCCCSC)nc(OC)n1. The summed E-state index contributed by atoms with van der Waals surface area (Å²) < 4.78 is 5.07. The van der Waals surface area contributed by atoms with Crippen molar-refractivity contribution in [2.75, 3.05) is 42.8 Å². The lowest BCUT2D eigenvalue weighted by Gasteiger charge is -2.08. The normalized spacial score (nSPS) is 10.3. The molecule has 0 aromatic carbocycles. The Hall–Kier alpha value is -1.24. The molecule has 1 heterocycles. The van der Waals surface area contributed by atoms with Crippen LogP contribution in [0.2, 0.25) is 0 Å². The Kier molecular flexibility index (Phi) is 8.04. The van der Waals surface area contributed by atoms with E-state index in [2.05, 4.69) is 38.8 Å². The van der Waals surface area contributed by atoms with Crippen LogP contribution in [0.3, 0.4) is 0 Å². The number of nitrogens with zero attached hydrogens (tertiary/aromatic N) is 3. The van der Waals surface area contributed by atoms with Gasteiger partial charge in [0.15, 0.2) is 0 Å². The van der Waals surface area contributed by atoms with Gasteiger partial charge < -0.3 is 15.4 Å². The minimum atomic E-state index is 0.334. The number of rotatable bonds is 10. The molecule has 1 aromatic heterocycles. The Morgan fingerprint density at radius 1 is 1.05 bits per heavy atom. The third-order valence-electron chi connectivity index (χ3n) is 2.39. The number of methoxy groups -OCH3 is 1. The molecule has 0 radical (unpaired) electrons. The lowest BCUT2D eigenvalue weighted by atomic mass is 10.3. The molecule has 108 valence electrons. The van der Waals surface area contributed by atoms with E-state index in [1.165, 1.54) is 12.2 Å². The maximum Gasteiger partial charge on any atom is 0.322 e. The zero-order chi connectivity index (χ0) is 13.9. The van der Waals surface area contributed by atoms with Crippen LogP contribution in [0.15, 0.2) is 0 Å². The van der Waals surface area contributed by atoms with Crippen molar-refractivity contribution in [1.29, 1.82) is 0 Å². The van der Waals surface area contributed by atoms with Crippen molar-refractivity contribution in [3.05, 3.63) is 0 Å². The van der Waals surface area contributed by atoms with Gasteiger partial charge in [-0.25, -0.2) is 0 Å². The van der Waals surface area contributed by atoms with Gasteiger partial charge in [0.05, 0.1) is 7.11 Å². The fraction of sp³-hybridized carbons (Fsp3) is 0.750. The van der Waals surface area contributed by atoms with Gasteiger partial charge in [0, 0.05) is 13.1 Å². The fourth-order valence-corrected chi connectivity index (χ4v) is 1.91. The molecule has 6 nitrogen and oxygen atoms in total. The molecule has 0 aliphatic carbocycles. The van der Waals surface area contributed by atoms with Gasteiger partial charge in [-0.05, 0) is 31.3 Å². The van der Waals surface area contributed by atoms with E-state index in [4.69, 9.17) is 4.74 Å². The lowest BCUT2D eigenvalue weighted by Crippen LogP contribution is -2.11. The van der Waals surface area contributed by atoms with Crippen molar-refractivity contribution < 1.29 is 4.74 Å². The lowest BCUT2D eigenvalue weighted by molar-refractivity contribution is 0.379. The van der Waals surface area contributed by atoms with E-state index in [9.17, 15) is 0 Å². The fourth-order valence-electron chi connectivity index (χ4n) is 1.41. The van der Waals surface area contributed by atoms with Gasteiger partial charge in [-0.3, -0.25) is 0 Å². The van der Waals surface area contributed by atoms with E-state index in [0.717, 1.165) is 25.9 Å². The van der Waals surface area contributed by atoms with Crippen LogP contribution in [0, 0.1) is 0 Å². The molecule has 0 aliphatic heterocycles. The number of thioether (sulfide) groups is 1. The molecule has 7 heteroatoms. The highest BCUT2D eigenvalue weighted by molar-refractivity contribution is 7.98. The summed E-state index contributed by atoms with van der Waals surface area (Å²) in [5, 5.41) is 6.34. The summed E-state index contributed by atoms with van der Waals surface area (Å²) in [5.74, 6) is 2.31. The number of hydrogen-bond donors (Lipinski definition) is 2. The van der Waals surface area contributed by atoms with Gasteiger partial charge in [0.1, 0.15) is 0 Å². The summed E-state index contributed by atoms with van der Waals surface area (Å²) >= 11 is 1.87. The second-order valence-electron chi connectivity index (χ2n) is 4.02. The van der Waals surface area contributed by atoms with Crippen LogP contribution in [0.4, 0.5) is 11.9 Å². The molecule has 1 aromatic rings. The Bertz CT molecular complexity index is 364. The molecular weight excluding hydrogens is 262 g/mol. The summed E-state index contributed by atoms with van der Waals surface area (Å²) in [6.07, 6.45) is 5.44. The van der Waals surface area contributed by atoms with E-state index in [1.54, 1.807) is 7.11 Å². The molecule has 0 fully saturated rings. The average Bonchev–Trinajstić information content (AvgIpc) is 2.44. The summed E-state index contributed by atoms with van der Waals surface area (Å²) in [6.45, 7) is 3.79. The predicted molar refractivity (Wildman–Crippen MR) is 81.3 cm³/mol. The van der Waals surface area contributed by atoms with Gasteiger partial charge in [0.2, 0.25) is 11.9 Å². The third-order valence-corrected chi connectivity index (χ3v) is 3.09. The summed E-state index contributed by atoms with van der Waals surface area (Å²) in [6, 6.07) is 0.334. The molecular formula is C12H23N5OS. The van der Waals surface area contributed by atoms with E-state index >= 15 is 0 Å². The van der Waals surface area contributed by atoms with Crippen molar-refractivity contribution in [2.24, 2.45) is 0 Å². The number of ether oxygens (including phenoxy) is 1. The topological polar surface area (TPSA) is 72.0 Å². The maximum atomic E-state index is 5.07. The van der Waals surface area contributed by atoms with Gasteiger partial charge >= 0.3 is 6.01 Å². The highest BCUT2D eigenvalue weighted by Crippen LogP contribution is 2.11. The molecule has 2 N–H and O–H groups in total. The van der Waals surface area contributed by atoms with E-state index in [-0.39, 0.29) is 0 Å². The van der Waals surface area contributed by atoms with Crippen molar-refractivity contribution in [2.45, 2.75) is 26.2 Å². The van der Waals surface area contributed by atoms with Gasteiger partial charge in [-0.2, -0.15) is 26.7 Å². The van der Waals surface area contributed by atoms with Gasteiger partial charge in [-0.1, -0.05) is 6.92 Å². The Balaban J connectivity index is 2.50. The van der Waals surface area contributed by atoms with Crippen LogP contribution in [0.25, 0.3) is 0 Å². The standard InChI is InChI=1S/C12H23N5OS/c1-4-7-13-10-15-11(17-12(16-10)18-2)14-8-5-6-9-19-3/h4-9H2,1-3H3,(H2,13,14,15,16,17). The molecule has 0 atom stereocenters. The van der Waals surface area contributed by atoms with Gasteiger partial charge in [0.25, 0.3) is 0 Å². The quantitative estimate of drug-likeness (QED) is 0.639. The molecule has 1 rings (SSSR count). The zero-order valence-electron chi connectivity index (χ0n) is 11.9. The highest BCUT2D eigenvalue weighted by Gasteiger charge is 2.05. The first-order valence-electron chi connectivity index (χ1n) is 6.57. The van der Waals surface area contributed by atoms with Crippen LogP contribution in [-0.4, -0.2) is 47.2 Å². The second-order valence-corrected chi connectivity index (χ2v) is 5.01. The Labute approximate surface area is 119 Å². The minimum Gasteiger partial charge on any atom is -0.467 e. The van der Waals surface area contributed by atoms with Crippen LogP contribution in [0.5, 0.6) is 6.01 Å². The summed E-state index contributed by atoms with van der Waals surface area (Å²) in [5.41, 5.74) is 0. The Morgan fingerprint density at radius 2 is 1.74 bits per heavy atom. The molecule has 19 heavy (non-hydrogen) atoms.